The Bertz CT molecular complexity index is 746. The Morgan fingerprint density at radius 2 is 2.10 bits per heavy atom. The minimum atomic E-state index is -1.09. The first-order chi connectivity index (χ1) is 10.0. The number of ether oxygens (including phenoxy) is 1. The molecule has 1 aromatic heterocycles. The fourth-order valence-electron chi connectivity index (χ4n) is 2.59. The lowest BCUT2D eigenvalue weighted by atomic mass is 10.1. The van der Waals surface area contributed by atoms with Crippen LogP contribution in [0.5, 0.6) is 5.75 Å². The molecule has 0 aliphatic carbocycles. The Balaban J connectivity index is 2.96. The van der Waals surface area contributed by atoms with Crippen molar-refractivity contribution >= 4 is 16.9 Å². The number of rotatable bonds is 5. The summed E-state index contributed by atoms with van der Waals surface area (Å²) in [6.07, 6.45) is 1.76. The van der Waals surface area contributed by atoms with Crippen molar-refractivity contribution in [2.45, 2.75) is 33.2 Å². The predicted octanol–water partition coefficient (Wildman–Crippen LogP) is 2.82. The summed E-state index contributed by atoms with van der Waals surface area (Å²) in [5.74, 6) is -0.572. The molecule has 1 heterocycles. The highest BCUT2D eigenvalue weighted by atomic mass is 16.5. The summed E-state index contributed by atoms with van der Waals surface area (Å²) in [6, 6.07) is 5.19. The molecule has 0 fully saturated rings. The van der Waals surface area contributed by atoms with Crippen LogP contribution in [0.25, 0.3) is 10.9 Å². The molecule has 5 heteroatoms. The van der Waals surface area contributed by atoms with Gasteiger partial charge in [-0.15, -0.1) is 0 Å². The summed E-state index contributed by atoms with van der Waals surface area (Å²) in [4.78, 5) is 24.0. The van der Waals surface area contributed by atoms with Crippen molar-refractivity contribution in [3.8, 4) is 5.75 Å². The van der Waals surface area contributed by atoms with E-state index in [1.165, 1.54) is 7.11 Å². The number of carboxylic acids is 1. The maximum absolute atomic E-state index is 12.4. The number of hydrogen-bond donors (Lipinski definition) is 1. The van der Waals surface area contributed by atoms with Gasteiger partial charge < -0.3 is 14.4 Å². The second-order valence-electron chi connectivity index (χ2n) is 4.97. The van der Waals surface area contributed by atoms with Gasteiger partial charge in [-0.3, -0.25) is 4.79 Å². The van der Waals surface area contributed by atoms with Crippen LogP contribution in [0.15, 0.2) is 23.0 Å². The number of unbranched alkanes of at least 4 members (excludes halogenated alkanes) is 1. The molecule has 21 heavy (non-hydrogen) atoms. The van der Waals surface area contributed by atoms with Gasteiger partial charge in [0.25, 0.3) is 0 Å². The first-order valence-corrected chi connectivity index (χ1v) is 6.96. The molecule has 0 saturated carbocycles. The molecule has 0 amide bonds. The minimum Gasteiger partial charge on any atom is -0.495 e. The molecule has 0 radical (unpaired) electrons. The van der Waals surface area contributed by atoms with E-state index in [0.717, 1.165) is 12.8 Å². The van der Waals surface area contributed by atoms with Crippen LogP contribution in [0, 0.1) is 6.92 Å². The van der Waals surface area contributed by atoms with Crippen molar-refractivity contribution in [2.24, 2.45) is 0 Å². The van der Waals surface area contributed by atoms with E-state index in [-0.39, 0.29) is 16.7 Å². The fourth-order valence-corrected chi connectivity index (χ4v) is 2.59. The van der Waals surface area contributed by atoms with E-state index in [0.29, 0.717) is 23.2 Å². The van der Waals surface area contributed by atoms with Crippen molar-refractivity contribution in [1.29, 1.82) is 0 Å². The van der Waals surface area contributed by atoms with Gasteiger partial charge in [0, 0.05) is 17.5 Å². The van der Waals surface area contributed by atoms with Crippen LogP contribution in [0.1, 0.15) is 35.8 Å². The third kappa shape index (κ3) is 2.51. The van der Waals surface area contributed by atoms with Gasteiger partial charge in [-0.05, 0) is 25.5 Å². The first kappa shape index (κ1) is 15.1. The van der Waals surface area contributed by atoms with Crippen LogP contribution < -0.4 is 10.2 Å². The monoisotopic (exact) mass is 289 g/mol. The molecule has 0 aliphatic heterocycles. The van der Waals surface area contributed by atoms with E-state index in [1.54, 1.807) is 29.7 Å². The number of benzene rings is 1. The molecule has 0 saturated heterocycles. The van der Waals surface area contributed by atoms with Gasteiger partial charge in [-0.25, -0.2) is 4.79 Å². The van der Waals surface area contributed by atoms with Gasteiger partial charge in [-0.1, -0.05) is 19.4 Å². The van der Waals surface area contributed by atoms with Gasteiger partial charge in [0.2, 0.25) is 0 Å². The van der Waals surface area contributed by atoms with E-state index in [2.05, 4.69) is 0 Å². The number of fused-ring (bicyclic) bond motifs is 1. The minimum absolute atomic E-state index is 0.0467. The maximum atomic E-state index is 12.4. The Kier molecular flexibility index (Phi) is 4.31. The van der Waals surface area contributed by atoms with Crippen molar-refractivity contribution in [3.05, 3.63) is 39.7 Å². The lowest BCUT2D eigenvalue weighted by molar-refractivity contribution is 0.0683. The van der Waals surface area contributed by atoms with Crippen LogP contribution in [0.4, 0.5) is 0 Å². The number of aryl methyl sites for hydroxylation is 1. The lowest BCUT2D eigenvalue weighted by Gasteiger charge is -2.18. The number of carbonyl (C=O) groups is 1. The number of aromatic carboxylic acids is 1. The zero-order valence-corrected chi connectivity index (χ0v) is 12.5. The Labute approximate surface area is 122 Å². The predicted molar refractivity (Wildman–Crippen MR) is 81.4 cm³/mol. The lowest BCUT2D eigenvalue weighted by Crippen LogP contribution is -2.22. The number of aromatic nitrogens is 1. The molecule has 1 aromatic carbocycles. The van der Waals surface area contributed by atoms with Crippen molar-refractivity contribution in [3.63, 3.8) is 0 Å². The van der Waals surface area contributed by atoms with Crippen molar-refractivity contribution < 1.29 is 14.6 Å². The van der Waals surface area contributed by atoms with Gasteiger partial charge >= 0.3 is 5.97 Å². The van der Waals surface area contributed by atoms with Crippen molar-refractivity contribution in [2.75, 3.05) is 7.11 Å². The third-order valence-electron chi connectivity index (χ3n) is 3.64. The summed E-state index contributed by atoms with van der Waals surface area (Å²) in [6.45, 7) is 4.14. The first-order valence-electron chi connectivity index (χ1n) is 6.96. The van der Waals surface area contributed by atoms with Crippen LogP contribution in [0.2, 0.25) is 0 Å². The number of carboxylic acid groups (broad SMARTS) is 1. The smallest absolute Gasteiger partial charge is 0.352 e. The molecule has 2 aromatic rings. The second-order valence-corrected chi connectivity index (χ2v) is 4.97. The molecule has 0 unspecified atom stereocenters. The average molecular weight is 289 g/mol. The average Bonchev–Trinajstić information content (AvgIpc) is 2.48. The number of hydrogen-bond acceptors (Lipinski definition) is 3. The summed E-state index contributed by atoms with van der Waals surface area (Å²) < 4.78 is 7.02. The molecular weight excluding hydrogens is 270 g/mol. The third-order valence-corrected chi connectivity index (χ3v) is 3.64. The second kappa shape index (κ2) is 5.99. The van der Waals surface area contributed by atoms with E-state index >= 15 is 0 Å². The summed E-state index contributed by atoms with van der Waals surface area (Å²) >= 11 is 0. The number of para-hydroxylation sites is 1. The molecule has 0 spiro atoms. The standard InChI is InChI=1S/C16H19NO4/c1-4-5-9-17-13(16(19)20)10(2)15(18)11-7-6-8-12(21-3)14(11)17/h6-8H,4-5,9H2,1-3H3,(H,19,20). The van der Waals surface area contributed by atoms with Crippen LogP contribution in [-0.4, -0.2) is 22.8 Å². The molecule has 0 aliphatic rings. The Hall–Kier alpha value is -2.30. The zero-order valence-electron chi connectivity index (χ0n) is 12.5. The van der Waals surface area contributed by atoms with Crippen LogP contribution in [-0.2, 0) is 6.54 Å². The molecule has 112 valence electrons. The SMILES string of the molecule is CCCCn1c(C(=O)O)c(C)c(=O)c2cccc(OC)c21. The highest BCUT2D eigenvalue weighted by molar-refractivity contribution is 5.94. The topological polar surface area (TPSA) is 68.5 Å². The number of pyridine rings is 1. The zero-order chi connectivity index (χ0) is 15.6. The van der Waals surface area contributed by atoms with Gasteiger partial charge in [0.05, 0.1) is 12.6 Å². The molecular formula is C16H19NO4. The molecule has 2 rings (SSSR count). The highest BCUT2D eigenvalue weighted by Gasteiger charge is 2.20. The molecule has 1 N–H and O–H groups in total. The van der Waals surface area contributed by atoms with Crippen molar-refractivity contribution in [1.82, 2.24) is 4.57 Å². The Morgan fingerprint density at radius 3 is 2.67 bits per heavy atom. The van der Waals surface area contributed by atoms with E-state index in [1.807, 2.05) is 6.92 Å². The number of methoxy groups -OCH3 is 1. The molecule has 0 atom stereocenters. The largest absolute Gasteiger partial charge is 0.495 e. The summed E-state index contributed by atoms with van der Waals surface area (Å²) in [5.41, 5.74) is 0.611. The molecule has 0 bridgehead atoms. The van der Waals surface area contributed by atoms with Gasteiger partial charge in [0.1, 0.15) is 11.4 Å². The van der Waals surface area contributed by atoms with E-state index in [9.17, 15) is 14.7 Å². The van der Waals surface area contributed by atoms with E-state index < -0.39 is 5.97 Å². The number of nitrogens with zero attached hydrogens (tertiary/aromatic N) is 1. The maximum Gasteiger partial charge on any atom is 0.352 e. The van der Waals surface area contributed by atoms with E-state index in [4.69, 9.17) is 4.74 Å². The van der Waals surface area contributed by atoms with Crippen LogP contribution in [0.3, 0.4) is 0 Å². The summed E-state index contributed by atoms with van der Waals surface area (Å²) in [7, 11) is 1.52. The normalized spacial score (nSPS) is 10.8. The quantitative estimate of drug-likeness (QED) is 0.919. The molecule has 5 nitrogen and oxygen atoms in total. The summed E-state index contributed by atoms with van der Waals surface area (Å²) in [5, 5.41) is 9.99. The Morgan fingerprint density at radius 1 is 1.38 bits per heavy atom. The van der Waals surface area contributed by atoms with Gasteiger partial charge in [-0.2, -0.15) is 0 Å². The fraction of sp³-hybridized carbons (Fsp3) is 0.375. The van der Waals surface area contributed by atoms with Crippen LogP contribution >= 0.6 is 0 Å². The highest BCUT2D eigenvalue weighted by Crippen LogP contribution is 2.26. The van der Waals surface area contributed by atoms with Gasteiger partial charge in [0.15, 0.2) is 5.43 Å².